The Morgan fingerprint density at radius 1 is 1.13 bits per heavy atom. The van der Waals surface area contributed by atoms with Gasteiger partial charge in [-0.15, -0.1) is 0 Å². The fraction of sp³-hybridized carbons (Fsp3) is 0.167. The van der Waals surface area contributed by atoms with E-state index >= 15 is 0 Å². The SMILES string of the molecule is Cc1cc2oc(=O)cc(CNc3cc(Cl)ccc3F)c2cc1C. The van der Waals surface area contributed by atoms with Gasteiger partial charge in [0.15, 0.2) is 0 Å². The molecule has 0 saturated heterocycles. The topological polar surface area (TPSA) is 42.2 Å². The van der Waals surface area contributed by atoms with E-state index in [1.165, 1.54) is 24.3 Å². The molecule has 1 heterocycles. The molecule has 0 amide bonds. The van der Waals surface area contributed by atoms with E-state index in [0.717, 1.165) is 22.1 Å². The van der Waals surface area contributed by atoms with Crippen LogP contribution in [0.3, 0.4) is 0 Å². The monoisotopic (exact) mass is 331 g/mol. The minimum Gasteiger partial charge on any atom is -0.423 e. The largest absolute Gasteiger partial charge is 0.423 e. The number of rotatable bonds is 3. The van der Waals surface area contributed by atoms with Gasteiger partial charge in [0.25, 0.3) is 0 Å². The first-order valence-electron chi connectivity index (χ1n) is 7.17. The molecule has 0 spiro atoms. The van der Waals surface area contributed by atoms with Gasteiger partial charge < -0.3 is 9.73 Å². The summed E-state index contributed by atoms with van der Waals surface area (Å²) in [7, 11) is 0. The van der Waals surface area contributed by atoms with Crippen LogP contribution < -0.4 is 10.9 Å². The van der Waals surface area contributed by atoms with Crippen molar-refractivity contribution in [2.24, 2.45) is 0 Å². The lowest BCUT2D eigenvalue weighted by molar-refractivity contribution is 0.559. The summed E-state index contributed by atoms with van der Waals surface area (Å²) in [5.41, 5.74) is 3.29. The van der Waals surface area contributed by atoms with Crippen molar-refractivity contribution in [3.8, 4) is 0 Å². The maximum absolute atomic E-state index is 13.8. The molecule has 0 fully saturated rings. The molecule has 3 aromatic rings. The first-order valence-corrected chi connectivity index (χ1v) is 7.55. The first-order chi connectivity index (χ1) is 10.9. The number of fused-ring (bicyclic) bond motifs is 1. The average Bonchev–Trinajstić information content (AvgIpc) is 2.49. The van der Waals surface area contributed by atoms with E-state index in [9.17, 15) is 9.18 Å². The van der Waals surface area contributed by atoms with Gasteiger partial charge in [0.1, 0.15) is 11.4 Å². The van der Waals surface area contributed by atoms with Gasteiger partial charge in [-0.2, -0.15) is 0 Å². The van der Waals surface area contributed by atoms with Crippen LogP contribution in [-0.2, 0) is 6.54 Å². The van der Waals surface area contributed by atoms with E-state index in [1.54, 1.807) is 0 Å². The van der Waals surface area contributed by atoms with Gasteiger partial charge in [0.05, 0.1) is 5.69 Å². The number of hydrogen-bond donors (Lipinski definition) is 1. The molecule has 1 N–H and O–H groups in total. The lowest BCUT2D eigenvalue weighted by Crippen LogP contribution is -2.07. The highest BCUT2D eigenvalue weighted by Gasteiger charge is 2.09. The molecule has 0 aliphatic heterocycles. The number of anilines is 1. The van der Waals surface area contributed by atoms with E-state index < -0.39 is 11.4 Å². The quantitative estimate of drug-likeness (QED) is 0.700. The van der Waals surface area contributed by atoms with Crippen LogP contribution in [0.2, 0.25) is 5.02 Å². The van der Waals surface area contributed by atoms with Crippen LogP contribution in [0.1, 0.15) is 16.7 Å². The van der Waals surface area contributed by atoms with E-state index in [2.05, 4.69) is 5.32 Å². The third kappa shape index (κ3) is 3.22. The molecule has 0 saturated carbocycles. The van der Waals surface area contributed by atoms with Crippen LogP contribution >= 0.6 is 11.6 Å². The average molecular weight is 332 g/mol. The van der Waals surface area contributed by atoms with Gasteiger partial charge in [0.2, 0.25) is 0 Å². The van der Waals surface area contributed by atoms with Crippen molar-refractivity contribution < 1.29 is 8.81 Å². The molecular weight excluding hydrogens is 317 g/mol. The molecule has 3 rings (SSSR count). The Kier molecular flexibility index (Phi) is 4.09. The molecular formula is C18H15ClFNO2. The van der Waals surface area contributed by atoms with E-state index in [4.69, 9.17) is 16.0 Å². The predicted octanol–water partition coefficient (Wildman–Crippen LogP) is 4.81. The van der Waals surface area contributed by atoms with Crippen LogP contribution in [0.15, 0.2) is 45.6 Å². The Hall–Kier alpha value is -2.33. The Balaban J connectivity index is 2.01. The van der Waals surface area contributed by atoms with Crippen molar-refractivity contribution in [2.45, 2.75) is 20.4 Å². The molecule has 0 aliphatic rings. The fourth-order valence-electron chi connectivity index (χ4n) is 2.45. The summed E-state index contributed by atoms with van der Waals surface area (Å²) in [4.78, 5) is 11.7. The highest BCUT2D eigenvalue weighted by Crippen LogP contribution is 2.24. The summed E-state index contributed by atoms with van der Waals surface area (Å²) in [5.74, 6) is -0.395. The second-order valence-corrected chi connectivity index (χ2v) is 5.94. The second kappa shape index (κ2) is 6.05. The minimum absolute atomic E-state index is 0.294. The van der Waals surface area contributed by atoms with Crippen molar-refractivity contribution in [1.29, 1.82) is 0 Å². The van der Waals surface area contributed by atoms with Crippen molar-refractivity contribution in [3.63, 3.8) is 0 Å². The summed E-state index contributed by atoms with van der Waals surface area (Å²) < 4.78 is 19.0. The zero-order valence-electron chi connectivity index (χ0n) is 12.7. The molecule has 23 heavy (non-hydrogen) atoms. The minimum atomic E-state index is -0.427. The van der Waals surface area contributed by atoms with Gasteiger partial charge in [-0.25, -0.2) is 9.18 Å². The molecule has 0 bridgehead atoms. The third-order valence-electron chi connectivity index (χ3n) is 3.84. The summed E-state index contributed by atoms with van der Waals surface area (Å²) in [6.45, 7) is 4.25. The standard InChI is InChI=1S/C18H15ClFNO2/c1-10-5-14-12(7-18(22)23-17(14)6-11(10)2)9-21-16-8-13(19)3-4-15(16)20/h3-8,21H,9H2,1-2H3. The summed E-state index contributed by atoms with van der Waals surface area (Å²) in [6.07, 6.45) is 0. The Morgan fingerprint density at radius 2 is 1.87 bits per heavy atom. The van der Waals surface area contributed by atoms with Crippen molar-refractivity contribution in [1.82, 2.24) is 0 Å². The first kappa shape index (κ1) is 15.6. The Morgan fingerprint density at radius 3 is 2.65 bits per heavy atom. The van der Waals surface area contributed by atoms with Gasteiger partial charge in [0, 0.05) is 23.0 Å². The van der Waals surface area contributed by atoms with Crippen LogP contribution in [0, 0.1) is 19.7 Å². The highest BCUT2D eigenvalue weighted by molar-refractivity contribution is 6.30. The van der Waals surface area contributed by atoms with Gasteiger partial charge in [-0.05, 0) is 60.9 Å². The van der Waals surface area contributed by atoms with Crippen molar-refractivity contribution >= 4 is 28.3 Å². The zero-order chi connectivity index (χ0) is 16.6. The zero-order valence-corrected chi connectivity index (χ0v) is 13.5. The molecule has 0 radical (unpaired) electrons. The van der Waals surface area contributed by atoms with Crippen molar-refractivity contribution in [3.05, 3.63) is 74.3 Å². The maximum atomic E-state index is 13.8. The molecule has 0 aliphatic carbocycles. The van der Waals surface area contributed by atoms with Crippen LogP contribution in [-0.4, -0.2) is 0 Å². The smallest absolute Gasteiger partial charge is 0.336 e. The maximum Gasteiger partial charge on any atom is 0.336 e. The number of halogens is 2. The van der Waals surface area contributed by atoms with E-state index in [1.807, 2.05) is 26.0 Å². The number of aryl methyl sites for hydroxylation is 2. The lowest BCUT2D eigenvalue weighted by Gasteiger charge is -2.11. The molecule has 2 aromatic carbocycles. The van der Waals surface area contributed by atoms with Crippen molar-refractivity contribution in [2.75, 3.05) is 5.32 Å². The predicted molar refractivity (Wildman–Crippen MR) is 90.7 cm³/mol. The molecule has 3 nitrogen and oxygen atoms in total. The molecule has 5 heteroatoms. The highest BCUT2D eigenvalue weighted by atomic mass is 35.5. The molecule has 0 unspecified atom stereocenters. The van der Waals surface area contributed by atoms with Crippen LogP contribution in [0.25, 0.3) is 11.0 Å². The molecule has 1 aromatic heterocycles. The lowest BCUT2D eigenvalue weighted by atomic mass is 10.0. The van der Waals surface area contributed by atoms with Crippen LogP contribution in [0.5, 0.6) is 0 Å². The van der Waals surface area contributed by atoms with Gasteiger partial charge >= 0.3 is 5.63 Å². The normalized spacial score (nSPS) is 11.0. The van der Waals surface area contributed by atoms with Gasteiger partial charge in [-0.1, -0.05) is 11.6 Å². The molecule has 118 valence electrons. The van der Waals surface area contributed by atoms with Gasteiger partial charge in [-0.3, -0.25) is 0 Å². The number of benzene rings is 2. The summed E-state index contributed by atoms with van der Waals surface area (Å²) in [5, 5.41) is 4.26. The summed E-state index contributed by atoms with van der Waals surface area (Å²) >= 11 is 5.89. The molecule has 0 atom stereocenters. The summed E-state index contributed by atoms with van der Waals surface area (Å²) in [6, 6.07) is 9.54. The van der Waals surface area contributed by atoms with E-state index in [-0.39, 0.29) is 0 Å². The third-order valence-corrected chi connectivity index (χ3v) is 4.08. The second-order valence-electron chi connectivity index (χ2n) is 5.50. The Bertz CT molecular complexity index is 950. The van der Waals surface area contributed by atoms with Crippen LogP contribution in [0.4, 0.5) is 10.1 Å². The van der Waals surface area contributed by atoms with E-state index in [0.29, 0.717) is 22.8 Å². The number of hydrogen-bond acceptors (Lipinski definition) is 3. The number of nitrogens with one attached hydrogen (secondary N) is 1. The Labute approximate surface area is 137 Å². The fourth-order valence-corrected chi connectivity index (χ4v) is 2.62.